The number of pyridine rings is 1. The predicted octanol–water partition coefficient (Wildman–Crippen LogP) is 3.69. The summed E-state index contributed by atoms with van der Waals surface area (Å²) >= 11 is 5.12. The summed E-state index contributed by atoms with van der Waals surface area (Å²) in [4.78, 5) is 3.92. The molecule has 0 aromatic carbocycles. The fourth-order valence-electron chi connectivity index (χ4n) is 0.787. The van der Waals surface area contributed by atoms with Crippen LogP contribution in [-0.2, 0) is 0 Å². The average Bonchev–Trinajstić information content (AvgIpc) is 1.96. The molecule has 0 unspecified atom stereocenters. The number of hydrogen-bond acceptors (Lipinski definition) is 1. The van der Waals surface area contributed by atoms with Crippen LogP contribution in [0.5, 0.6) is 0 Å². The first-order valence-corrected chi connectivity index (χ1v) is 5.00. The zero-order valence-corrected chi connectivity index (χ0v) is 9.86. The van der Waals surface area contributed by atoms with Crippen molar-refractivity contribution in [1.29, 1.82) is 0 Å². The Morgan fingerprint density at radius 3 is 2.67 bits per heavy atom. The average molecular weight is 348 g/mol. The molecule has 0 spiro atoms. The fourth-order valence-corrected chi connectivity index (χ4v) is 1.62. The molecule has 0 fully saturated rings. The van der Waals surface area contributed by atoms with Crippen LogP contribution in [0.2, 0.25) is 0 Å². The van der Waals surface area contributed by atoms with Crippen LogP contribution < -0.4 is 0 Å². The predicted molar refractivity (Wildman–Crippen MR) is 54.3 cm³/mol. The smallest absolute Gasteiger partial charge is 0.245 e. The lowest BCUT2D eigenvalue weighted by Gasteiger charge is -2.05. The maximum absolute atomic E-state index is 12.3. The molecule has 5 heteroatoms. The van der Waals surface area contributed by atoms with Crippen molar-refractivity contribution in [3.05, 3.63) is 25.5 Å². The van der Waals surface area contributed by atoms with Crippen LogP contribution in [0.4, 0.5) is 8.78 Å². The van der Waals surface area contributed by atoms with E-state index in [1.54, 1.807) is 6.92 Å². The first kappa shape index (κ1) is 10.3. The van der Waals surface area contributed by atoms with E-state index in [-0.39, 0.29) is 5.56 Å². The van der Waals surface area contributed by atoms with E-state index in [9.17, 15) is 8.78 Å². The molecule has 0 saturated heterocycles. The van der Waals surface area contributed by atoms with Crippen molar-refractivity contribution in [1.82, 2.24) is 4.98 Å². The van der Waals surface area contributed by atoms with Crippen LogP contribution in [0.1, 0.15) is 17.7 Å². The van der Waals surface area contributed by atoms with Gasteiger partial charge in [0.05, 0.1) is 0 Å². The van der Waals surface area contributed by atoms with Crippen LogP contribution in [-0.4, -0.2) is 4.98 Å². The molecule has 1 aromatic rings. The van der Waals surface area contributed by atoms with Gasteiger partial charge in [-0.2, -0.15) is 0 Å². The number of alkyl halides is 2. The topological polar surface area (TPSA) is 12.9 Å². The van der Waals surface area contributed by atoms with Crippen molar-refractivity contribution in [3.63, 3.8) is 0 Å². The van der Waals surface area contributed by atoms with Crippen molar-refractivity contribution in [2.45, 2.75) is 13.3 Å². The summed E-state index contributed by atoms with van der Waals surface area (Å²) in [5.41, 5.74) is 0.375. The zero-order valence-electron chi connectivity index (χ0n) is 6.11. The molecule has 0 amide bonds. The fraction of sp³-hybridized carbons (Fsp3) is 0.286. The SMILES string of the molecule is Cc1nc(Br)c(I)cc1C(F)F. The first-order chi connectivity index (χ1) is 5.52. The van der Waals surface area contributed by atoms with Gasteiger partial charge in [-0.1, -0.05) is 0 Å². The zero-order chi connectivity index (χ0) is 9.30. The molecule has 1 rings (SSSR count). The Balaban J connectivity index is 3.23. The third-order valence-corrected chi connectivity index (χ3v) is 3.57. The molecule has 0 N–H and O–H groups in total. The van der Waals surface area contributed by atoms with Crippen LogP contribution in [0.15, 0.2) is 10.7 Å². The molecule has 12 heavy (non-hydrogen) atoms. The molecule has 0 aliphatic rings. The molecular formula is C7H5BrF2IN. The standard InChI is InChI=1S/C7H5BrF2IN/c1-3-4(7(9)10)2-5(11)6(8)12-3/h2,7H,1H3. The van der Waals surface area contributed by atoms with Gasteiger partial charge in [-0.05, 0) is 51.5 Å². The highest BCUT2D eigenvalue weighted by atomic mass is 127. The van der Waals surface area contributed by atoms with Crippen molar-refractivity contribution < 1.29 is 8.78 Å². The lowest BCUT2D eigenvalue weighted by Crippen LogP contribution is -1.95. The largest absolute Gasteiger partial charge is 0.265 e. The van der Waals surface area contributed by atoms with Crippen molar-refractivity contribution in [3.8, 4) is 0 Å². The second kappa shape index (κ2) is 3.95. The third-order valence-electron chi connectivity index (χ3n) is 1.40. The molecule has 0 aliphatic heterocycles. The van der Waals surface area contributed by atoms with Crippen molar-refractivity contribution in [2.24, 2.45) is 0 Å². The summed E-state index contributed by atoms with van der Waals surface area (Å²) in [5, 5.41) is 0. The molecule has 0 radical (unpaired) electrons. The van der Waals surface area contributed by atoms with E-state index in [4.69, 9.17) is 0 Å². The molecule has 0 saturated carbocycles. The highest BCUT2D eigenvalue weighted by Gasteiger charge is 2.13. The van der Waals surface area contributed by atoms with E-state index in [0.29, 0.717) is 13.9 Å². The Morgan fingerprint density at radius 1 is 1.58 bits per heavy atom. The number of aryl methyl sites for hydroxylation is 1. The Hall–Kier alpha value is 0.220. The lowest BCUT2D eigenvalue weighted by molar-refractivity contribution is 0.150. The molecule has 1 heterocycles. The van der Waals surface area contributed by atoms with Gasteiger partial charge in [0.1, 0.15) is 4.60 Å². The molecular weight excluding hydrogens is 343 g/mol. The second-order valence-corrected chi connectivity index (χ2v) is 4.15. The summed E-state index contributed by atoms with van der Waals surface area (Å²) in [7, 11) is 0. The molecule has 1 aromatic heterocycles. The van der Waals surface area contributed by atoms with Gasteiger partial charge in [-0.15, -0.1) is 0 Å². The molecule has 0 atom stereocenters. The number of rotatable bonds is 1. The highest BCUT2D eigenvalue weighted by molar-refractivity contribution is 14.1. The monoisotopic (exact) mass is 347 g/mol. The Morgan fingerprint density at radius 2 is 2.17 bits per heavy atom. The third kappa shape index (κ3) is 2.12. The number of aromatic nitrogens is 1. The van der Waals surface area contributed by atoms with E-state index in [1.165, 1.54) is 6.07 Å². The summed E-state index contributed by atoms with van der Waals surface area (Å²) in [5.74, 6) is 0. The van der Waals surface area contributed by atoms with Gasteiger partial charge in [-0.25, -0.2) is 13.8 Å². The van der Waals surface area contributed by atoms with E-state index >= 15 is 0 Å². The Bertz CT molecular complexity index is 304. The van der Waals surface area contributed by atoms with Crippen molar-refractivity contribution >= 4 is 38.5 Å². The Kier molecular flexibility index (Phi) is 3.39. The second-order valence-electron chi connectivity index (χ2n) is 2.24. The van der Waals surface area contributed by atoms with Gasteiger partial charge in [0.15, 0.2) is 0 Å². The van der Waals surface area contributed by atoms with E-state index in [0.717, 1.165) is 0 Å². The maximum atomic E-state index is 12.3. The quantitative estimate of drug-likeness (QED) is 0.557. The molecule has 0 bridgehead atoms. The van der Waals surface area contributed by atoms with Gasteiger partial charge in [0.2, 0.25) is 0 Å². The maximum Gasteiger partial charge on any atom is 0.265 e. The molecule has 66 valence electrons. The number of hydrogen-bond donors (Lipinski definition) is 0. The summed E-state index contributed by atoms with van der Waals surface area (Å²) < 4.78 is 25.9. The Labute approximate surface area is 90.8 Å². The van der Waals surface area contributed by atoms with Crippen LogP contribution >= 0.6 is 38.5 Å². The number of nitrogens with zero attached hydrogens (tertiary/aromatic N) is 1. The van der Waals surface area contributed by atoms with E-state index in [1.807, 2.05) is 22.6 Å². The van der Waals surface area contributed by atoms with Gasteiger partial charge in [-0.3, -0.25) is 0 Å². The van der Waals surface area contributed by atoms with E-state index < -0.39 is 6.43 Å². The van der Waals surface area contributed by atoms with Gasteiger partial charge in [0, 0.05) is 14.8 Å². The van der Waals surface area contributed by atoms with Crippen LogP contribution in [0.25, 0.3) is 0 Å². The summed E-state index contributed by atoms with van der Waals surface area (Å²) in [6.07, 6.45) is -2.45. The minimum absolute atomic E-state index is 0.00241. The minimum Gasteiger partial charge on any atom is -0.245 e. The number of halogens is 4. The minimum atomic E-state index is -2.45. The van der Waals surface area contributed by atoms with Gasteiger partial charge < -0.3 is 0 Å². The van der Waals surface area contributed by atoms with Crippen LogP contribution in [0.3, 0.4) is 0 Å². The highest BCUT2D eigenvalue weighted by Crippen LogP contribution is 2.26. The normalized spacial score (nSPS) is 10.8. The van der Waals surface area contributed by atoms with Crippen LogP contribution in [0, 0.1) is 10.5 Å². The van der Waals surface area contributed by atoms with Gasteiger partial charge >= 0.3 is 0 Å². The first-order valence-electron chi connectivity index (χ1n) is 3.13. The lowest BCUT2D eigenvalue weighted by atomic mass is 10.2. The summed E-state index contributed by atoms with van der Waals surface area (Å²) in [6, 6.07) is 1.44. The molecule has 1 nitrogen and oxygen atoms in total. The van der Waals surface area contributed by atoms with Gasteiger partial charge in [0.25, 0.3) is 6.43 Å². The summed E-state index contributed by atoms with van der Waals surface area (Å²) in [6.45, 7) is 1.57. The molecule has 0 aliphatic carbocycles. The van der Waals surface area contributed by atoms with E-state index in [2.05, 4.69) is 20.9 Å². The van der Waals surface area contributed by atoms with Crippen molar-refractivity contribution in [2.75, 3.05) is 0 Å².